The molecule has 0 aromatic heterocycles. The van der Waals surface area contributed by atoms with Gasteiger partial charge in [0.25, 0.3) is 5.91 Å². The molecule has 1 N–H and O–H groups in total. The summed E-state index contributed by atoms with van der Waals surface area (Å²) < 4.78 is 0. The lowest BCUT2D eigenvalue weighted by molar-refractivity contribution is -0.114. The zero-order chi connectivity index (χ0) is 19.1. The molecule has 0 heterocycles. The fourth-order valence-electron chi connectivity index (χ4n) is 2.63. The summed E-state index contributed by atoms with van der Waals surface area (Å²) in [4.78, 5) is 26.9. The molecule has 0 radical (unpaired) electrons. The average molecular weight is 355 g/mol. The van der Waals surface area contributed by atoms with Gasteiger partial charge < -0.3 is 5.32 Å². The van der Waals surface area contributed by atoms with Gasteiger partial charge in [-0.15, -0.1) is 0 Å². The first-order chi connectivity index (χ1) is 13.2. The lowest BCUT2D eigenvalue weighted by Crippen LogP contribution is -2.38. The molecule has 5 heteroatoms. The van der Waals surface area contributed by atoms with Gasteiger partial charge in [0, 0.05) is 16.9 Å². The summed E-state index contributed by atoms with van der Waals surface area (Å²) in [6.45, 7) is -0.144. The molecule has 0 aliphatic carbocycles. The molecule has 0 unspecified atom stereocenters. The lowest BCUT2D eigenvalue weighted by atomic mass is 10.1. The molecule has 0 aliphatic rings. The van der Waals surface area contributed by atoms with Crippen molar-refractivity contribution in [2.75, 3.05) is 16.8 Å². The Morgan fingerprint density at radius 2 is 1.56 bits per heavy atom. The summed E-state index contributed by atoms with van der Waals surface area (Å²) in [6.07, 6.45) is 0. The van der Waals surface area contributed by atoms with Crippen LogP contribution in [0.1, 0.15) is 15.9 Å². The van der Waals surface area contributed by atoms with Crippen LogP contribution >= 0.6 is 0 Å². The maximum absolute atomic E-state index is 13.0. The van der Waals surface area contributed by atoms with Crippen LogP contribution in [-0.4, -0.2) is 18.4 Å². The fraction of sp³-hybridized carbons (Fsp3) is 0.0455. The number of carbonyl (C=O) groups is 2. The number of carbonyl (C=O) groups excluding carboxylic acids is 2. The van der Waals surface area contributed by atoms with E-state index >= 15 is 0 Å². The Morgan fingerprint density at radius 3 is 2.22 bits per heavy atom. The molecule has 0 spiro atoms. The van der Waals surface area contributed by atoms with Crippen molar-refractivity contribution in [2.45, 2.75) is 0 Å². The van der Waals surface area contributed by atoms with Crippen molar-refractivity contribution < 1.29 is 9.59 Å². The highest BCUT2D eigenvalue weighted by Gasteiger charge is 2.21. The third-order valence-corrected chi connectivity index (χ3v) is 3.91. The molecule has 0 atom stereocenters. The zero-order valence-electron chi connectivity index (χ0n) is 14.5. The molecular weight excluding hydrogens is 338 g/mol. The number of anilines is 2. The molecule has 3 aromatic carbocycles. The number of hydrogen-bond acceptors (Lipinski definition) is 3. The molecule has 0 aliphatic heterocycles. The SMILES string of the molecule is N#Cc1cccc(C(=O)N(CC(=O)Nc2ccccc2)c2ccccc2)c1. The molecule has 27 heavy (non-hydrogen) atoms. The van der Waals surface area contributed by atoms with Crippen LogP contribution in [0.15, 0.2) is 84.9 Å². The molecule has 0 saturated carbocycles. The van der Waals surface area contributed by atoms with E-state index in [2.05, 4.69) is 5.32 Å². The summed E-state index contributed by atoms with van der Waals surface area (Å²) in [5, 5.41) is 11.9. The van der Waals surface area contributed by atoms with Gasteiger partial charge in [0.15, 0.2) is 0 Å². The van der Waals surface area contributed by atoms with Gasteiger partial charge >= 0.3 is 0 Å². The molecule has 3 aromatic rings. The summed E-state index contributed by atoms with van der Waals surface area (Å²) in [5.41, 5.74) is 2.01. The Labute approximate surface area is 157 Å². The van der Waals surface area contributed by atoms with E-state index in [1.54, 1.807) is 54.6 Å². The van der Waals surface area contributed by atoms with Gasteiger partial charge in [-0.3, -0.25) is 14.5 Å². The molecule has 0 saturated heterocycles. The van der Waals surface area contributed by atoms with Crippen LogP contribution in [0.3, 0.4) is 0 Å². The Morgan fingerprint density at radius 1 is 0.889 bits per heavy atom. The van der Waals surface area contributed by atoms with Crippen molar-refractivity contribution >= 4 is 23.2 Å². The van der Waals surface area contributed by atoms with E-state index in [0.29, 0.717) is 22.5 Å². The largest absolute Gasteiger partial charge is 0.325 e. The summed E-state index contributed by atoms with van der Waals surface area (Å²) >= 11 is 0. The highest BCUT2D eigenvalue weighted by molar-refractivity contribution is 6.10. The van der Waals surface area contributed by atoms with Crippen LogP contribution < -0.4 is 10.2 Å². The molecule has 2 amide bonds. The van der Waals surface area contributed by atoms with Crippen LogP contribution in [0.5, 0.6) is 0 Å². The van der Waals surface area contributed by atoms with Crippen LogP contribution in [0.25, 0.3) is 0 Å². The van der Waals surface area contributed by atoms with E-state index in [0.717, 1.165) is 0 Å². The van der Waals surface area contributed by atoms with Gasteiger partial charge in [0.05, 0.1) is 11.6 Å². The van der Waals surface area contributed by atoms with Gasteiger partial charge in [-0.05, 0) is 42.5 Å². The Kier molecular flexibility index (Phi) is 5.60. The number of benzene rings is 3. The van der Waals surface area contributed by atoms with Gasteiger partial charge in [0.2, 0.25) is 5.91 Å². The van der Waals surface area contributed by atoms with Crippen molar-refractivity contribution in [3.8, 4) is 6.07 Å². The van der Waals surface area contributed by atoms with E-state index < -0.39 is 0 Å². The lowest BCUT2D eigenvalue weighted by Gasteiger charge is -2.22. The maximum Gasteiger partial charge on any atom is 0.258 e. The predicted molar refractivity (Wildman–Crippen MR) is 104 cm³/mol. The summed E-state index contributed by atoms with van der Waals surface area (Å²) in [5.74, 6) is -0.656. The first kappa shape index (κ1) is 17.9. The van der Waals surface area contributed by atoms with Gasteiger partial charge in [-0.2, -0.15) is 5.26 Å². The zero-order valence-corrected chi connectivity index (χ0v) is 14.5. The van der Waals surface area contributed by atoms with Crippen LogP contribution in [0.2, 0.25) is 0 Å². The fourth-order valence-corrected chi connectivity index (χ4v) is 2.63. The Bertz CT molecular complexity index is 979. The number of hydrogen-bond donors (Lipinski definition) is 1. The molecule has 5 nitrogen and oxygen atoms in total. The van der Waals surface area contributed by atoms with E-state index in [1.807, 2.05) is 30.3 Å². The van der Waals surface area contributed by atoms with Gasteiger partial charge in [-0.25, -0.2) is 0 Å². The van der Waals surface area contributed by atoms with Crippen LogP contribution in [0, 0.1) is 11.3 Å². The van der Waals surface area contributed by atoms with E-state index in [9.17, 15) is 9.59 Å². The summed E-state index contributed by atoms with van der Waals surface area (Å²) in [6, 6.07) is 26.5. The minimum Gasteiger partial charge on any atom is -0.325 e. The van der Waals surface area contributed by atoms with Gasteiger partial charge in [-0.1, -0.05) is 42.5 Å². The van der Waals surface area contributed by atoms with Gasteiger partial charge in [0.1, 0.15) is 6.54 Å². The van der Waals surface area contributed by atoms with Crippen molar-refractivity contribution in [1.29, 1.82) is 5.26 Å². The minimum atomic E-state index is -0.346. The normalized spacial score (nSPS) is 9.89. The quantitative estimate of drug-likeness (QED) is 0.756. The number of amides is 2. The topological polar surface area (TPSA) is 73.2 Å². The number of nitrogens with zero attached hydrogens (tertiary/aromatic N) is 2. The first-order valence-corrected chi connectivity index (χ1v) is 8.39. The third kappa shape index (κ3) is 4.59. The van der Waals surface area contributed by atoms with E-state index in [-0.39, 0.29) is 18.4 Å². The predicted octanol–water partition coefficient (Wildman–Crippen LogP) is 3.84. The van der Waals surface area contributed by atoms with Crippen molar-refractivity contribution in [1.82, 2.24) is 0 Å². The Hall–Kier alpha value is -3.91. The highest BCUT2D eigenvalue weighted by atomic mass is 16.2. The van der Waals surface area contributed by atoms with Crippen LogP contribution in [0.4, 0.5) is 11.4 Å². The minimum absolute atomic E-state index is 0.144. The molecule has 0 fully saturated rings. The molecular formula is C22H17N3O2. The smallest absolute Gasteiger partial charge is 0.258 e. The molecule has 132 valence electrons. The molecule has 3 rings (SSSR count). The van der Waals surface area contributed by atoms with Crippen molar-refractivity contribution in [3.63, 3.8) is 0 Å². The first-order valence-electron chi connectivity index (χ1n) is 8.39. The standard InChI is InChI=1S/C22H17N3O2/c23-15-17-8-7-9-18(14-17)22(27)25(20-12-5-2-6-13-20)16-21(26)24-19-10-3-1-4-11-19/h1-14H,16H2,(H,24,26). The highest BCUT2D eigenvalue weighted by Crippen LogP contribution is 2.18. The van der Waals surface area contributed by atoms with Crippen molar-refractivity contribution in [3.05, 3.63) is 96.1 Å². The second kappa shape index (κ2) is 8.45. The number of para-hydroxylation sites is 2. The number of rotatable bonds is 5. The average Bonchev–Trinajstić information content (AvgIpc) is 2.73. The third-order valence-electron chi connectivity index (χ3n) is 3.91. The van der Waals surface area contributed by atoms with E-state index in [4.69, 9.17) is 5.26 Å². The monoisotopic (exact) mass is 355 g/mol. The second-order valence-electron chi connectivity index (χ2n) is 5.83. The maximum atomic E-state index is 13.0. The Balaban J connectivity index is 1.86. The second-order valence-corrected chi connectivity index (χ2v) is 5.83. The molecule has 0 bridgehead atoms. The van der Waals surface area contributed by atoms with Crippen molar-refractivity contribution in [2.24, 2.45) is 0 Å². The number of nitrogens with one attached hydrogen (secondary N) is 1. The van der Waals surface area contributed by atoms with Crippen LogP contribution in [-0.2, 0) is 4.79 Å². The van der Waals surface area contributed by atoms with E-state index in [1.165, 1.54) is 11.0 Å². The summed E-state index contributed by atoms with van der Waals surface area (Å²) in [7, 11) is 0. The number of nitriles is 1.